The Morgan fingerprint density at radius 3 is 2.47 bits per heavy atom. The average Bonchev–Trinajstić information content (AvgIpc) is 3.47. The van der Waals surface area contributed by atoms with E-state index in [2.05, 4.69) is 25.0 Å². The van der Waals surface area contributed by atoms with Gasteiger partial charge in [0.2, 0.25) is 0 Å². The van der Waals surface area contributed by atoms with Crippen LogP contribution in [0.3, 0.4) is 0 Å². The molecule has 0 bridgehead atoms. The minimum Gasteiger partial charge on any atom is -0.354 e. The highest BCUT2D eigenvalue weighted by molar-refractivity contribution is 5.53. The van der Waals surface area contributed by atoms with Gasteiger partial charge in [-0.05, 0) is 42.5 Å². The summed E-state index contributed by atoms with van der Waals surface area (Å²) in [6.45, 7) is 3.07. The molecule has 4 heterocycles. The van der Waals surface area contributed by atoms with Gasteiger partial charge in [0.05, 0.1) is 0 Å². The first kappa shape index (κ1) is 19.3. The number of halogens is 3. The third-order valence-corrected chi connectivity index (χ3v) is 5.93. The highest BCUT2D eigenvalue weighted by atomic mass is 19.4. The van der Waals surface area contributed by atoms with Crippen LogP contribution in [0.1, 0.15) is 29.8 Å². The van der Waals surface area contributed by atoms with Gasteiger partial charge in [0.25, 0.3) is 0 Å². The normalized spacial score (nSPS) is 18.3. The van der Waals surface area contributed by atoms with Crippen molar-refractivity contribution >= 4 is 11.5 Å². The summed E-state index contributed by atoms with van der Waals surface area (Å²) >= 11 is 0. The van der Waals surface area contributed by atoms with Gasteiger partial charge < -0.3 is 4.90 Å². The minimum absolute atomic E-state index is 0.0808. The Hall–Kier alpha value is -2.68. The van der Waals surface area contributed by atoms with Crippen LogP contribution in [0.2, 0.25) is 0 Å². The molecule has 2 fully saturated rings. The SMILES string of the molecule is FC(F)(F)c1c(CN2CCN(c3ccccn3)CC2)ccn2c(CC3CC3)nnc12. The van der Waals surface area contributed by atoms with Crippen molar-refractivity contribution in [2.75, 3.05) is 31.1 Å². The quantitative estimate of drug-likeness (QED) is 0.638. The molecule has 0 radical (unpaired) electrons. The Balaban J connectivity index is 1.36. The highest BCUT2D eigenvalue weighted by Crippen LogP contribution is 2.37. The van der Waals surface area contributed by atoms with Crippen molar-refractivity contribution in [2.45, 2.75) is 32.0 Å². The number of piperazine rings is 1. The Bertz CT molecular complexity index is 1020. The molecule has 0 aromatic carbocycles. The van der Waals surface area contributed by atoms with E-state index < -0.39 is 11.7 Å². The van der Waals surface area contributed by atoms with E-state index in [4.69, 9.17) is 0 Å². The van der Waals surface area contributed by atoms with Crippen LogP contribution in [0.15, 0.2) is 36.7 Å². The summed E-state index contributed by atoms with van der Waals surface area (Å²) in [6.07, 6.45) is 1.89. The number of hydrogen-bond donors (Lipinski definition) is 0. The Labute approximate surface area is 172 Å². The molecule has 1 aliphatic carbocycles. The zero-order valence-electron chi connectivity index (χ0n) is 16.5. The van der Waals surface area contributed by atoms with Crippen molar-refractivity contribution in [3.63, 3.8) is 0 Å². The topological polar surface area (TPSA) is 49.6 Å². The molecule has 0 N–H and O–H groups in total. The number of aromatic nitrogens is 4. The first-order valence-electron chi connectivity index (χ1n) is 10.3. The zero-order valence-corrected chi connectivity index (χ0v) is 16.5. The maximum atomic E-state index is 14.0. The third-order valence-electron chi connectivity index (χ3n) is 5.93. The van der Waals surface area contributed by atoms with E-state index in [1.165, 1.54) is 4.40 Å². The van der Waals surface area contributed by atoms with E-state index >= 15 is 0 Å². The first-order chi connectivity index (χ1) is 14.5. The molecule has 1 aliphatic heterocycles. The fourth-order valence-corrected chi connectivity index (χ4v) is 4.12. The van der Waals surface area contributed by atoms with Crippen molar-refractivity contribution in [3.05, 3.63) is 53.6 Å². The highest BCUT2D eigenvalue weighted by Gasteiger charge is 2.38. The van der Waals surface area contributed by atoms with Crippen LogP contribution in [-0.4, -0.2) is 50.7 Å². The van der Waals surface area contributed by atoms with Crippen LogP contribution in [0.25, 0.3) is 5.65 Å². The summed E-state index contributed by atoms with van der Waals surface area (Å²) in [4.78, 5) is 8.58. The molecule has 5 rings (SSSR count). The van der Waals surface area contributed by atoms with Gasteiger partial charge in [-0.15, -0.1) is 10.2 Å². The first-order valence-corrected chi connectivity index (χ1v) is 10.3. The lowest BCUT2D eigenvalue weighted by Crippen LogP contribution is -2.46. The minimum atomic E-state index is -4.47. The summed E-state index contributed by atoms with van der Waals surface area (Å²) in [5.41, 5.74) is -0.485. The van der Waals surface area contributed by atoms with E-state index in [0.29, 0.717) is 31.3 Å². The van der Waals surface area contributed by atoms with Gasteiger partial charge in [0.1, 0.15) is 17.2 Å². The van der Waals surface area contributed by atoms with E-state index in [-0.39, 0.29) is 17.8 Å². The summed E-state index contributed by atoms with van der Waals surface area (Å²) < 4.78 is 43.5. The summed E-state index contributed by atoms with van der Waals surface area (Å²) in [6, 6.07) is 7.35. The van der Waals surface area contributed by atoms with E-state index in [9.17, 15) is 13.2 Å². The van der Waals surface area contributed by atoms with Gasteiger partial charge in [-0.3, -0.25) is 9.30 Å². The molecule has 3 aromatic rings. The molecular weight excluding hydrogens is 393 g/mol. The molecule has 9 heteroatoms. The Kier molecular flexibility index (Phi) is 4.85. The average molecular weight is 416 g/mol. The van der Waals surface area contributed by atoms with Crippen molar-refractivity contribution in [2.24, 2.45) is 5.92 Å². The molecule has 0 atom stereocenters. The van der Waals surface area contributed by atoms with Crippen molar-refractivity contribution in [1.82, 2.24) is 24.5 Å². The third kappa shape index (κ3) is 3.86. The Morgan fingerprint density at radius 1 is 1.00 bits per heavy atom. The van der Waals surface area contributed by atoms with Gasteiger partial charge in [0, 0.05) is 51.5 Å². The predicted octanol–water partition coefficient (Wildman–Crippen LogP) is 3.42. The molecule has 0 unspecified atom stereocenters. The molecule has 0 spiro atoms. The molecule has 1 saturated heterocycles. The molecule has 30 heavy (non-hydrogen) atoms. The lowest BCUT2D eigenvalue weighted by molar-refractivity contribution is -0.137. The van der Waals surface area contributed by atoms with Crippen molar-refractivity contribution in [1.29, 1.82) is 0 Å². The van der Waals surface area contributed by atoms with Crippen LogP contribution >= 0.6 is 0 Å². The number of fused-ring (bicyclic) bond motifs is 1. The second-order valence-corrected chi connectivity index (χ2v) is 8.12. The fraction of sp³-hybridized carbons (Fsp3) is 0.476. The molecule has 158 valence electrons. The summed E-state index contributed by atoms with van der Waals surface area (Å²) in [5.74, 6) is 2.05. The number of pyridine rings is 2. The molecule has 0 amide bonds. The van der Waals surface area contributed by atoms with Crippen molar-refractivity contribution < 1.29 is 13.2 Å². The van der Waals surface area contributed by atoms with E-state index in [0.717, 1.165) is 31.7 Å². The Morgan fingerprint density at radius 2 is 1.80 bits per heavy atom. The van der Waals surface area contributed by atoms with E-state index in [1.54, 1.807) is 18.5 Å². The van der Waals surface area contributed by atoms with Gasteiger partial charge in [-0.25, -0.2) is 4.98 Å². The second-order valence-electron chi connectivity index (χ2n) is 8.12. The van der Waals surface area contributed by atoms with Crippen molar-refractivity contribution in [3.8, 4) is 0 Å². The molecule has 3 aromatic heterocycles. The van der Waals surface area contributed by atoms with Gasteiger partial charge in [-0.1, -0.05) is 6.07 Å². The lowest BCUT2D eigenvalue weighted by Gasteiger charge is -2.35. The van der Waals surface area contributed by atoms with Crippen LogP contribution in [0, 0.1) is 5.92 Å². The molecular formula is C21H23F3N6. The summed E-state index contributed by atoms with van der Waals surface area (Å²) in [5, 5.41) is 8.00. The van der Waals surface area contributed by atoms with E-state index in [1.807, 2.05) is 18.2 Å². The maximum Gasteiger partial charge on any atom is 0.420 e. The van der Waals surface area contributed by atoms with Crippen LogP contribution in [-0.2, 0) is 19.1 Å². The lowest BCUT2D eigenvalue weighted by atomic mass is 10.1. The second kappa shape index (κ2) is 7.54. The molecule has 2 aliphatic rings. The molecule has 6 nitrogen and oxygen atoms in total. The molecule has 1 saturated carbocycles. The standard InChI is InChI=1S/C21H23F3N6/c22-21(23,24)19-16(6-8-30-18(13-15-4-5-15)26-27-20(19)30)14-28-9-11-29(12-10-28)17-3-1-2-7-25-17/h1-3,6-8,15H,4-5,9-14H2. The largest absolute Gasteiger partial charge is 0.420 e. The number of nitrogens with zero attached hydrogens (tertiary/aromatic N) is 6. The predicted molar refractivity (Wildman–Crippen MR) is 106 cm³/mol. The fourth-order valence-electron chi connectivity index (χ4n) is 4.12. The number of alkyl halides is 3. The number of anilines is 1. The maximum absolute atomic E-state index is 14.0. The van der Waals surface area contributed by atoms with Gasteiger partial charge >= 0.3 is 6.18 Å². The smallest absolute Gasteiger partial charge is 0.354 e. The van der Waals surface area contributed by atoms with Crippen LogP contribution in [0.5, 0.6) is 0 Å². The number of hydrogen-bond acceptors (Lipinski definition) is 5. The van der Waals surface area contributed by atoms with Crippen LogP contribution < -0.4 is 4.90 Å². The van der Waals surface area contributed by atoms with Crippen LogP contribution in [0.4, 0.5) is 19.0 Å². The van der Waals surface area contributed by atoms with Gasteiger partial charge in [-0.2, -0.15) is 13.2 Å². The van der Waals surface area contributed by atoms with Gasteiger partial charge in [0.15, 0.2) is 5.65 Å². The summed E-state index contributed by atoms with van der Waals surface area (Å²) in [7, 11) is 0. The zero-order chi connectivity index (χ0) is 20.7. The monoisotopic (exact) mass is 416 g/mol. The number of rotatable bonds is 5.